The largest absolute Gasteiger partial charge is 0.323 e. The van der Waals surface area contributed by atoms with Gasteiger partial charge in [0.1, 0.15) is 0 Å². The maximum absolute atomic E-state index is 12.9. The predicted molar refractivity (Wildman–Crippen MR) is 111 cm³/mol. The molecule has 6 heteroatoms. The van der Waals surface area contributed by atoms with E-state index >= 15 is 0 Å². The van der Waals surface area contributed by atoms with E-state index in [0.717, 1.165) is 11.1 Å². The Hall–Kier alpha value is -2.62. The standard InChI is InChI=1S/C22H26N2O3S/c1-5-15-24(16-19-9-7-17(3)8-10-19)22(25)20-11-13-21(14-12-20)28(26,27)23-18(4)6-2/h1,7-14,18,23H,6,15-16H2,2-4H3. The SMILES string of the molecule is C#CCN(Cc1ccc(C)cc1)C(=O)c1ccc(S(=O)(=O)NC(C)CC)cc1. The molecule has 0 aliphatic rings. The number of sulfonamides is 1. The molecular formula is C22H26N2O3S. The van der Waals surface area contributed by atoms with E-state index in [4.69, 9.17) is 6.42 Å². The van der Waals surface area contributed by atoms with E-state index in [1.807, 2.05) is 38.1 Å². The van der Waals surface area contributed by atoms with Crippen LogP contribution >= 0.6 is 0 Å². The molecule has 0 aromatic heterocycles. The molecule has 28 heavy (non-hydrogen) atoms. The van der Waals surface area contributed by atoms with Crippen molar-refractivity contribution < 1.29 is 13.2 Å². The van der Waals surface area contributed by atoms with Crippen LogP contribution in [0.25, 0.3) is 0 Å². The molecule has 5 nitrogen and oxygen atoms in total. The van der Waals surface area contributed by atoms with Gasteiger partial charge in [0.25, 0.3) is 5.91 Å². The molecule has 0 saturated carbocycles. The van der Waals surface area contributed by atoms with Crippen LogP contribution < -0.4 is 4.72 Å². The molecule has 148 valence electrons. The van der Waals surface area contributed by atoms with Crippen molar-refractivity contribution in [2.45, 2.75) is 44.7 Å². The van der Waals surface area contributed by atoms with Gasteiger partial charge in [0.05, 0.1) is 11.4 Å². The third-order valence-electron chi connectivity index (χ3n) is 4.44. The third-order valence-corrected chi connectivity index (χ3v) is 6.05. The molecule has 0 spiro atoms. The highest BCUT2D eigenvalue weighted by Gasteiger charge is 2.19. The molecule has 1 N–H and O–H groups in total. The van der Waals surface area contributed by atoms with Crippen LogP contribution in [0.1, 0.15) is 41.8 Å². The second-order valence-electron chi connectivity index (χ2n) is 6.81. The van der Waals surface area contributed by atoms with Crippen LogP contribution in [-0.2, 0) is 16.6 Å². The normalized spacial score (nSPS) is 12.2. The second-order valence-corrected chi connectivity index (χ2v) is 8.52. The highest BCUT2D eigenvalue weighted by molar-refractivity contribution is 7.89. The lowest BCUT2D eigenvalue weighted by Crippen LogP contribution is -2.32. The quantitative estimate of drug-likeness (QED) is 0.694. The predicted octanol–water partition coefficient (Wildman–Crippen LogP) is 3.35. The highest BCUT2D eigenvalue weighted by atomic mass is 32.2. The van der Waals surface area contributed by atoms with Crippen molar-refractivity contribution in [3.05, 3.63) is 65.2 Å². The molecule has 0 aliphatic heterocycles. The number of rotatable bonds is 8. The molecule has 1 amide bonds. The summed E-state index contributed by atoms with van der Waals surface area (Å²) in [5.74, 6) is 2.27. The summed E-state index contributed by atoms with van der Waals surface area (Å²) in [6.45, 7) is 6.27. The Kier molecular flexibility index (Phi) is 7.38. The number of nitrogens with zero attached hydrogens (tertiary/aromatic N) is 1. The molecule has 0 heterocycles. The van der Waals surface area contributed by atoms with Crippen molar-refractivity contribution in [2.24, 2.45) is 0 Å². The summed E-state index contributed by atoms with van der Waals surface area (Å²) < 4.78 is 27.3. The van der Waals surface area contributed by atoms with Gasteiger partial charge in [-0.3, -0.25) is 4.79 Å². The van der Waals surface area contributed by atoms with Crippen molar-refractivity contribution in [1.29, 1.82) is 0 Å². The molecular weight excluding hydrogens is 372 g/mol. The summed E-state index contributed by atoms with van der Waals surface area (Å²) >= 11 is 0. The molecule has 0 bridgehead atoms. The summed E-state index contributed by atoms with van der Waals surface area (Å²) in [5, 5.41) is 0. The van der Waals surface area contributed by atoms with Crippen LogP contribution in [-0.4, -0.2) is 31.8 Å². The minimum Gasteiger partial charge on any atom is -0.323 e. The van der Waals surface area contributed by atoms with Gasteiger partial charge in [0.2, 0.25) is 10.0 Å². The average molecular weight is 399 g/mol. The van der Waals surface area contributed by atoms with Crippen LogP contribution in [0.2, 0.25) is 0 Å². The summed E-state index contributed by atoms with van der Waals surface area (Å²) in [5.41, 5.74) is 2.51. The number of benzene rings is 2. The van der Waals surface area contributed by atoms with Gasteiger partial charge in [-0.1, -0.05) is 42.7 Å². The van der Waals surface area contributed by atoms with E-state index in [-0.39, 0.29) is 23.4 Å². The monoisotopic (exact) mass is 398 g/mol. The van der Waals surface area contributed by atoms with E-state index in [9.17, 15) is 13.2 Å². The van der Waals surface area contributed by atoms with Crippen molar-refractivity contribution in [3.8, 4) is 12.3 Å². The number of amides is 1. The molecule has 0 saturated heterocycles. The Labute approximate surface area is 167 Å². The number of terminal acetylenes is 1. The van der Waals surface area contributed by atoms with Gasteiger partial charge in [-0.25, -0.2) is 13.1 Å². The first-order chi connectivity index (χ1) is 13.3. The van der Waals surface area contributed by atoms with Crippen LogP contribution in [0, 0.1) is 19.3 Å². The second kappa shape index (κ2) is 9.54. The minimum absolute atomic E-state index is 0.131. The van der Waals surface area contributed by atoms with E-state index in [1.165, 1.54) is 24.3 Å². The Morgan fingerprint density at radius 2 is 1.75 bits per heavy atom. The Morgan fingerprint density at radius 1 is 1.14 bits per heavy atom. The third kappa shape index (κ3) is 5.69. The van der Waals surface area contributed by atoms with Crippen LogP contribution in [0.3, 0.4) is 0 Å². The van der Waals surface area contributed by atoms with Gasteiger partial charge in [-0.2, -0.15) is 0 Å². The van der Waals surface area contributed by atoms with Gasteiger partial charge in [-0.15, -0.1) is 6.42 Å². The zero-order chi connectivity index (χ0) is 20.7. The first-order valence-corrected chi connectivity index (χ1v) is 10.7. The first-order valence-electron chi connectivity index (χ1n) is 9.17. The summed E-state index contributed by atoms with van der Waals surface area (Å²) in [6, 6.07) is 13.7. The minimum atomic E-state index is -3.60. The maximum atomic E-state index is 12.9. The lowest BCUT2D eigenvalue weighted by atomic mass is 10.1. The van der Waals surface area contributed by atoms with Crippen molar-refractivity contribution in [3.63, 3.8) is 0 Å². The van der Waals surface area contributed by atoms with Crippen molar-refractivity contribution in [2.75, 3.05) is 6.54 Å². The molecule has 2 aromatic rings. The number of nitrogens with one attached hydrogen (secondary N) is 1. The number of hydrogen-bond acceptors (Lipinski definition) is 3. The van der Waals surface area contributed by atoms with Crippen molar-refractivity contribution >= 4 is 15.9 Å². The fourth-order valence-corrected chi connectivity index (χ4v) is 3.93. The smallest absolute Gasteiger partial charge is 0.254 e. The van der Waals surface area contributed by atoms with E-state index in [2.05, 4.69) is 10.6 Å². The van der Waals surface area contributed by atoms with Crippen LogP contribution in [0.15, 0.2) is 53.4 Å². The molecule has 2 rings (SSSR count). The van der Waals surface area contributed by atoms with E-state index in [1.54, 1.807) is 11.8 Å². The Balaban J connectivity index is 2.19. The zero-order valence-electron chi connectivity index (χ0n) is 16.5. The fraction of sp³-hybridized carbons (Fsp3) is 0.318. The molecule has 1 unspecified atom stereocenters. The maximum Gasteiger partial charge on any atom is 0.254 e. The molecule has 1 atom stereocenters. The number of aryl methyl sites for hydroxylation is 1. The molecule has 0 fully saturated rings. The summed E-state index contributed by atoms with van der Waals surface area (Å²) in [7, 11) is -3.60. The molecule has 0 radical (unpaired) electrons. The van der Waals surface area contributed by atoms with Gasteiger partial charge in [0, 0.05) is 18.2 Å². The molecule has 0 aliphatic carbocycles. The Bertz CT molecular complexity index is 943. The number of hydrogen-bond donors (Lipinski definition) is 1. The van der Waals surface area contributed by atoms with Crippen LogP contribution in [0.4, 0.5) is 0 Å². The molecule has 2 aromatic carbocycles. The number of carbonyl (C=O) groups excluding carboxylic acids is 1. The van der Waals surface area contributed by atoms with Crippen LogP contribution in [0.5, 0.6) is 0 Å². The fourth-order valence-electron chi connectivity index (χ4n) is 2.60. The van der Waals surface area contributed by atoms with Gasteiger partial charge >= 0.3 is 0 Å². The lowest BCUT2D eigenvalue weighted by Gasteiger charge is -2.21. The topological polar surface area (TPSA) is 66.5 Å². The first kappa shape index (κ1) is 21.7. The summed E-state index contributed by atoms with van der Waals surface area (Å²) in [6.07, 6.45) is 6.12. The number of carbonyl (C=O) groups is 1. The van der Waals surface area contributed by atoms with Gasteiger partial charge < -0.3 is 4.90 Å². The highest BCUT2D eigenvalue weighted by Crippen LogP contribution is 2.15. The lowest BCUT2D eigenvalue weighted by molar-refractivity contribution is 0.0765. The Morgan fingerprint density at radius 3 is 2.29 bits per heavy atom. The van der Waals surface area contributed by atoms with E-state index < -0.39 is 10.0 Å². The van der Waals surface area contributed by atoms with Gasteiger partial charge in [0.15, 0.2) is 0 Å². The van der Waals surface area contributed by atoms with E-state index in [0.29, 0.717) is 18.5 Å². The zero-order valence-corrected chi connectivity index (χ0v) is 17.3. The summed E-state index contributed by atoms with van der Waals surface area (Å²) in [4.78, 5) is 14.5. The average Bonchev–Trinajstić information content (AvgIpc) is 2.68. The van der Waals surface area contributed by atoms with Gasteiger partial charge in [-0.05, 0) is 50.1 Å². The van der Waals surface area contributed by atoms with Crippen molar-refractivity contribution in [1.82, 2.24) is 9.62 Å².